The van der Waals surface area contributed by atoms with E-state index in [-0.39, 0.29) is 5.69 Å². The fourth-order valence-corrected chi connectivity index (χ4v) is 1.11. The number of rotatable bonds is 2. The van der Waals surface area contributed by atoms with Crippen molar-refractivity contribution >= 4 is 11.6 Å². The van der Waals surface area contributed by atoms with Crippen LogP contribution in [0.2, 0.25) is 0 Å². The molecule has 0 N–H and O–H groups in total. The maximum Gasteiger partial charge on any atom is 0.329 e. The molecule has 0 aliphatic rings. The Bertz CT molecular complexity index is 426. The summed E-state index contributed by atoms with van der Waals surface area (Å²) in [6.07, 6.45) is 0. The van der Waals surface area contributed by atoms with Gasteiger partial charge in [0.05, 0.1) is 12.8 Å². The highest BCUT2D eigenvalue weighted by atomic mass is 19.1. The molecular weight excluding hydrogens is 199 g/mol. The van der Waals surface area contributed by atoms with Crippen molar-refractivity contribution in [1.82, 2.24) is 0 Å². The number of nitriles is 1. The molecular formula is C10H9FN2O2. The van der Waals surface area contributed by atoms with E-state index in [1.165, 1.54) is 32.4 Å². The third-order valence-corrected chi connectivity index (χ3v) is 1.90. The molecule has 0 aliphatic carbocycles. The van der Waals surface area contributed by atoms with Crippen molar-refractivity contribution in [2.45, 2.75) is 0 Å². The van der Waals surface area contributed by atoms with Gasteiger partial charge in [-0.15, -0.1) is 0 Å². The number of carbonyl (C=O) groups excluding carboxylic acids is 1. The molecule has 15 heavy (non-hydrogen) atoms. The van der Waals surface area contributed by atoms with Gasteiger partial charge in [0, 0.05) is 13.1 Å². The molecule has 0 radical (unpaired) electrons. The summed E-state index contributed by atoms with van der Waals surface area (Å²) >= 11 is 0. The molecule has 0 fully saturated rings. The summed E-state index contributed by atoms with van der Waals surface area (Å²) in [5, 5.41) is 8.42. The van der Waals surface area contributed by atoms with Crippen LogP contribution in [-0.4, -0.2) is 20.1 Å². The van der Waals surface area contributed by atoms with E-state index in [0.29, 0.717) is 5.75 Å². The minimum absolute atomic E-state index is 0.226. The van der Waals surface area contributed by atoms with Crippen molar-refractivity contribution in [3.05, 3.63) is 24.0 Å². The van der Waals surface area contributed by atoms with E-state index >= 15 is 0 Å². The molecule has 0 unspecified atom stereocenters. The average Bonchev–Trinajstić information content (AvgIpc) is 2.27. The van der Waals surface area contributed by atoms with Crippen LogP contribution in [0.25, 0.3) is 0 Å². The van der Waals surface area contributed by atoms with Crippen LogP contribution in [-0.2, 0) is 4.79 Å². The molecule has 1 rings (SSSR count). The summed E-state index contributed by atoms with van der Waals surface area (Å²) in [5.41, 5.74) is 0.226. The summed E-state index contributed by atoms with van der Waals surface area (Å²) in [5.74, 6) is -0.940. The van der Waals surface area contributed by atoms with Gasteiger partial charge < -0.3 is 4.74 Å². The largest absolute Gasteiger partial charge is 0.495 e. The van der Waals surface area contributed by atoms with Crippen molar-refractivity contribution in [3.8, 4) is 11.8 Å². The zero-order valence-corrected chi connectivity index (χ0v) is 8.32. The van der Waals surface area contributed by atoms with Gasteiger partial charge in [0.15, 0.2) is 6.07 Å². The topological polar surface area (TPSA) is 53.3 Å². The van der Waals surface area contributed by atoms with Gasteiger partial charge in [-0.2, -0.15) is 5.26 Å². The van der Waals surface area contributed by atoms with Crippen LogP contribution in [0.15, 0.2) is 18.2 Å². The first kappa shape index (κ1) is 11.0. The number of benzene rings is 1. The molecule has 5 heteroatoms. The van der Waals surface area contributed by atoms with E-state index < -0.39 is 11.7 Å². The highest BCUT2D eigenvalue weighted by Crippen LogP contribution is 2.27. The normalized spacial score (nSPS) is 9.20. The van der Waals surface area contributed by atoms with Gasteiger partial charge >= 0.3 is 5.91 Å². The Morgan fingerprint density at radius 2 is 2.27 bits per heavy atom. The average molecular weight is 208 g/mol. The fraction of sp³-hybridized carbons (Fsp3) is 0.200. The van der Waals surface area contributed by atoms with E-state index in [1.54, 1.807) is 0 Å². The first-order chi connectivity index (χ1) is 7.10. The number of methoxy groups -OCH3 is 1. The molecule has 0 saturated carbocycles. The van der Waals surface area contributed by atoms with Crippen LogP contribution in [0.5, 0.6) is 5.75 Å². The monoisotopic (exact) mass is 208 g/mol. The summed E-state index contributed by atoms with van der Waals surface area (Å²) < 4.78 is 17.9. The summed E-state index contributed by atoms with van der Waals surface area (Å²) in [7, 11) is 2.78. The van der Waals surface area contributed by atoms with E-state index in [4.69, 9.17) is 10.00 Å². The predicted octanol–water partition coefficient (Wildman–Crippen LogP) is 1.32. The van der Waals surface area contributed by atoms with Crippen molar-refractivity contribution in [2.75, 3.05) is 19.1 Å². The lowest BCUT2D eigenvalue weighted by Gasteiger charge is -2.16. The molecule has 1 aromatic rings. The lowest BCUT2D eigenvalue weighted by molar-refractivity contribution is -0.113. The molecule has 4 nitrogen and oxygen atoms in total. The van der Waals surface area contributed by atoms with Crippen LogP contribution in [0.1, 0.15) is 0 Å². The van der Waals surface area contributed by atoms with E-state index in [2.05, 4.69) is 0 Å². The van der Waals surface area contributed by atoms with E-state index in [1.807, 2.05) is 0 Å². The van der Waals surface area contributed by atoms with Gasteiger partial charge in [0.25, 0.3) is 0 Å². The number of hydrogen-bond acceptors (Lipinski definition) is 3. The highest BCUT2D eigenvalue weighted by molar-refractivity contribution is 6.04. The quantitative estimate of drug-likeness (QED) is 0.689. The van der Waals surface area contributed by atoms with Gasteiger partial charge in [-0.25, -0.2) is 4.39 Å². The van der Waals surface area contributed by atoms with Crippen LogP contribution in [0, 0.1) is 17.1 Å². The molecule has 0 atom stereocenters. The van der Waals surface area contributed by atoms with E-state index in [9.17, 15) is 9.18 Å². The lowest BCUT2D eigenvalue weighted by atomic mass is 10.2. The minimum Gasteiger partial charge on any atom is -0.495 e. The maximum atomic E-state index is 12.9. The van der Waals surface area contributed by atoms with Gasteiger partial charge in [-0.1, -0.05) is 0 Å². The zero-order chi connectivity index (χ0) is 11.4. The van der Waals surface area contributed by atoms with Gasteiger partial charge in [0.2, 0.25) is 0 Å². The first-order valence-electron chi connectivity index (χ1n) is 4.11. The summed E-state index contributed by atoms with van der Waals surface area (Å²) in [4.78, 5) is 12.1. The second-order valence-corrected chi connectivity index (χ2v) is 2.79. The Balaban J connectivity index is 3.17. The minimum atomic E-state index is -0.779. The molecule has 0 heterocycles. The standard InChI is InChI=1S/C10H9FN2O2/c1-13(10(14)6-12)8-5-7(11)3-4-9(8)15-2/h3-5H,1-2H3. The number of anilines is 1. The molecule has 0 aromatic heterocycles. The number of ether oxygens (including phenoxy) is 1. The number of hydrogen-bond donors (Lipinski definition) is 0. The van der Waals surface area contributed by atoms with Crippen LogP contribution in [0.4, 0.5) is 10.1 Å². The van der Waals surface area contributed by atoms with Crippen molar-refractivity contribution < 1.29 is 13.9 Å². The van der Waals surface area contributed by atoms with Gasteiger partial charge in [0.1, 0.15) is 11.6 Å². The molecule has 1 aromatic carbocycles. The second-order valence-electron chi connectivity index (χ2n) is 2.79. The summed E-state index contributed by atoms with van der Waals surface area (Å²) in [6, 6.07) is 5.19. The van der Waals surface area contributed by atoms with Gasteiger partial charge in [-0.05, 0) is 12.1 Å². The molecule has 0 aliphatic heterocycles. The first-order valence-corrected chi connectivity index (χ1v) is 4.11. The Labute approximate surface area is 86.5 Å². The Kier molecular flexibility index (Phi) is 3.24. The Morgan fingerprint density at radius 3 is 2.80 bits per heavy atom. The molecule has 0 saturated heterocycles. The number of halogens is 1. The summed E-state index contributed by atoms with van der Waals surface area (Å²) in [6.45, 7) is 0. The van der Waals surface area contributed by atoms with Crippen molar-refractivity contribution in [2.24, 2.45) is 0 Å². The number of nitrogens with zero attached hydrogens (tertiary/aromatic N) is 2. The molecule has 1 amide bonds. The SMILES string of the molecule is COc1ccc(F)cc1N(C)C(=O)C#N. The van der Waals surface area contributed by atoms with Crippen LogP contribution in [0.3, 0.4) is 0 Å². The van der Waals surface area contributed by atoms with Crippen molar-refractivity contribution in [1.29, 1.82) is 5.26 Å². The second kappa shape index (κ2) is 4.42. The third kappa shape index (κ3) is 2.23. The van der Waals surface area contributed by atoms with Crippen LogP contribution < -0.4 is 9.64 Å². The van der Waals surface area contributed by atoms with Gasteiger partial charge in [-0.3, -0.25) is 9.69 Å². The smallest absolute Gasteiger partial charge is 0.329 e. The lowest BCUT2D eigenvalue weighted by Crippen LogP contribution is -2.24. The zero-order valence-electron chi connectivity index (χ0n) is 8.32. The molecule has 0 spiro atoms. The Hall–Kier alpha value is -2.09. The van der Waals surface area contributed by atoms with Crippen LogP contribution >= 0.6 is 0 Å². The number of carbonyl (C=O) groups is 1. The molecule has 78 valence electrons. The maximum absolute atomic E-state index is 12.9. The highest BCUT2D eigenvalue weighted by Gasteiger charge is 2.15. The molecule has 0 bridgehead atoms. The predicted molar refractivity (Wildman–Crippen MR) is 52.0 cm³/mol. The Morgan fingerprint density at radius 1 is 1.60 bits per heavy atom. The van der Waals surface area contributed by atoms with Crippen molar-refractivity contribution in [3.63, 3.8) is 0 Å². The number of amides is 1. The van der Waals surface area contributed by atoms with E-state index in [0.717, 1.165) is 11.0 Å². The fourth-order valence-electron chi connectivity index (χ4n) is 1.11. The third-order valence-electron chi connectivity index (χ3n) is 1.90.